The van der Waals surface area contributed by atoms with Crippen molar-refractivity contribution in [1.29, 1.82) is 0 Å². The maximum Gasteiger partial charge on any atom is 0.0888 e. The van der Waals surface area contributed by atoms with Crippen LogP contribution in [0.1, 0.15) is 33.6 Å². The summed E-state index contributed by atoms with van der Waals surface area (Å²) >= 11 is 2.52. The molecular weight excluding hydrogens is 225 g/mol. The lowest BCUT2D eigenvalue weighted by Crippen LogP contribution is -2.14. The first-order chi connectivity index (χ1) is 4.08. The number of rotatable bonds is 2. The van der Waals surface area contributed by atoms with Gasteiger partial charge in [0.05, 0.1) is 3.55 Å². The Labute approximate surface area is 70.7 Å². The highest BCUT2D eigenvalue weighted by Gasteiger charge is 2.59. The zero-order valence-corrected chi connectivity index (χ0v) is 8.45. The topological polar surface area (TPSA) is 21.9 Å². The van der Waals surface area contributed by atoms with Crippen molar-refractivity contribution in [1.82, 2.24) is 5.32 Å². The monoisotopic (exact) mass is 239 g/mol. The lowest BCUT2D eigenvalue weighted by molar-refractivity contribution is 0.622. The Balaban J connectivity index is 2.54. The molecule has 0 bridgehead atoms. The van der Waals surface area contributed by atoms with Crippen molar-refractivity contribution in [3.63, 3.8) is 0 Å². The molecule has 0 aliphatic carbocycles. The molecule has 1 saturated heterocycles. The van der Waals surface area contributed by atoms with Crippen LogP contribution in [0.25, 0.3) is 0 Å². The number of nitrogens with one attached hydrogen (secondary N) is 1. The van der Waals surface area contributed by atoms with Crippen LogP contribution in [-0.2, 0) is 0 Å². The van der Waals surface area contributed by atoms with Crippen LogP contribution in [0, 0.1) is 0 Å². The average Bonchev–Trinajstić information content (AvgIpc) is 2.39. The molecule has 2 heteroatoms. The minimum absolute atomic E-state index is 0.416. The summed E-state index contributed by atoms with van der Waals surface area (Å²) in [5, 5.41) is 3.51. The maximum absolute atomic E-state index is 3.51. The van der Waals surface area contributed by atoms with E-state index in [4.69, 9.17) is 0 Å². The van der Waals surface area contributed by atoms with Crippen LogP contribution in [0.2, 0.25) is 0 Å². The number of halogens is 1. The minimum Gasteiger partial charge on any atom is -0.294 e. The Morgan fingerprint density at radius 2 is 1.89 bits per heavy atom. The van der Waals surface area contributed by atoms with Gasteiger partial charge in [-0.3, -0.25) is 5.32 Å². The third kappa shape index (κ3) is 1.00. The zero-order chi connectivity index (χ0) is 7.12. The molecule has 0 aromatic heterocycles. The summed E-state index contributed by atoms with van der Waals surface area (Å²) in [6, 6.07) is 0. The lowest BCUT2D eigenvalue weighted by Gasteiger charge is -2.07. The van der Waals surface area contributed by atoms with E-state index in [1.165, 1.54) is 12.8 Å². The van der Waals surface area contributed by atoms with Gasteiger partial charge in [-0.2, -0.15) is 0 Å². The van der Waals surface area contributed by atoms with Gasteiger partial charge in [0, 0.05) is 5.54 Å². The lowest BCUT2D eigenvalue weighted by atomic mass is 10.0. The van der Waals surface area contributed by atoms with Crippen molar-refractivity contribution in [3.8, 4) is 0 Å². The van der Waals surface area contributed by atoms with E-state index in [0.717, 1.165) is 0 Å². The SMILES string of the molecule is CCC1(C)NC1(I)CC. The Morgan fingerprint density at radius 1 is 1.33 bits per heavy atom. The Morgan fingerprint density at radius 3 is 2.00 bits per heavy atom. The summed E-state index contributed by atoms with van der Waals surface area (Å²) in [5.74, 6) is 0. The highest BCUT2D eigenvalue weighted by atomic mass is 127. The van der Waals surface area contributed by atoms with E-state index in [0.29, 0.717) is 9.08 Å². The summed E-state index contributed by atoms with van der Waals surface area (Å²) < 4.78 is 0.416. The Hall–Kier alpha value is 0.690. The van der Waals surface area contributed by atoms with Gasteiger partial charge in [0.15, 0.2) is 0 Å². The second-order valence-corrected chi connectivity index (χ2v) is 4.81. The van der Waals surface area contributed by atoms with Crippen molar-refractivity contribution in [2.45, 2.75) is 42.7 Å². The molecule has 0 saturated carbocycles. The summed E-state index contributed by atoms with van der Waals surface area (Å²) in [7, 11) is 0. The third-order valence-corrected chi connectivity index (χ3v) is 4.70. The van der Waals surface area contributed by atoms with E-state index < -0.39 is 0 Å². The van der Waals surface area contributed by atoms with E-state index in [1.54, 1.807) is 0 Å². The summed E-state index contributed by atoms with van der Waals surface area (Å²) in [4.78, 5) is 0. The Bertz CT molecular complexity index is 112. The molecule has 0 aromatic rings. The second-order valence-electron chi connectivity index (χ2n) is 2.97. The predicted octanol–water partition coefficient (Wildman–Crippen LogP) is 2.30. The zero-order valence-electron chi connectivity index (χ0n) is 6.29. The van der Waals surface area contributed by atoms with Gasteiger partial charge < -0.3 is 0 Å². The molecule has 1 N–H and O–H groups in total. The molecule has 1 nitrogen and oxygen atoms in total. The van der Waals surface area contributed by atoms with Gasteiger partial charge in [-0.15, -0.1) is 0 Å². The number of hydrogen-bond acceptors (Lipinski definition) is 1. The van der Waals surface area contributed by atoms with Gasteiger partial charge in [-0.05, 0) is 19.8 Å². The summed E-state index contributed by atoms with van der Waals surface area (Å²) in [6.07, 6.45) is 2.47. The molecule has 1 fully saturated rings. The molecule has 2 unspecified atom stereocenters. The van der Waals surface area contributed by atoms with Crippen molar-refractivity contribution < 1.29 is 0 Å². The van der Waals surface area contributed by atoms with Crippen molar-refractivity contribution in [2.75, 3.05) is 0 Å². The van der Waals surface area contributed by atoms with Crippen LogP contribution in [-0.4, -0.2) is 9.08 Å². The molecular formula is C7H14IN. The van der Waals surface area contributed by atoms with Crippen molar-refractivity contribution in [3.05, 3.63) is 0 Å². The van der Waals surface area contributed by atoms with Gasteiger partial charge >= 0.3 is 0 Å². The van der Waals surface area contributed by atoms with Crippen LogP contribution in [0.4, 0.5) is 0 Å². The first-order valence-corrected chi connectivity index (χ1v) is 4.64. The minimum atomic E-state index is 0.416. The highest BCUT2D eigenvalue weighted by Crippen LogP contribution is 2.48. The van der Waals surface area contributed by atoms with Crippen LogP contribution in [0.5, 0.6) is 0 Å². The number of alkyl halides is 1. The van der Waals surface area contributed by atoms with Gasteiger partial charge in [-0.1, -0.05) is 36.4 Å². The molecule has 9 heavy (non-hydrogen) atoms. The van der Waals surface area contributed by atoms with E-state index in [9.17, 15) is 0 Å². The largest absolute Gasteiger partial charge is 0.294 e. The van der Waals surface area contributed by atoms with Crippen LogP contribution < -0.4 is 5.32 Å². The normalized spacial score (nSPS) is 49.3. The van der Waals surface area contributed by atoms with Crippen molar-refractivity contribution >= 4 is 22.6 Å². The molecule has 0 spiro atoms. The standard InChI is InChI=1S/C7H14IN/c1-4-6(3)7(8,5-2)9-6/h9H,4-5H2,1-3H3. The molecule has 1 aliphatic heterocycles. The molecule has 0 radical (unpaired) electrons. The van der Waals surface area contributed by atoms with E-state index in [1.807, 2.05) is 0 Å². The molecule has 1 aliphatic rings. The first kappa shape index (κ1) is 7.79. The van der Waals surface area contributed by atoms with Crippen LogP contribution >= 0.6 is 22.6 Å². The molecule has 1 rings (SSSR count). The second kappa shape index (κ2) is 2.09. The van der Waals surface area contributed by atoms with Gasteiger partial charge in [-0.25, -0.2) is 0 Å². The first-order valence-electron chi connectivity index (χ1n) is 3.56. The van der Waals surface area contributed by atoms with Gasteiger partial charge in [0.1, 0.15) is 0 Å². The Kier molecular flexibility index (Phi) is 1.81. The molecule has 0 amide bonds. The van der Waals surface area contributed by atoms with E-state index in [-0.39, 0.29) is 0 Å². The average molecular weight is 239 g/mol. The predicted molar refractivity (Wildman–Crippen MR) is 48.9 cm³/mol. The van der Waals surface area contributed by atoms with Crippen molar-refractivity contribution in [2.24, 2.45) is 0 Å². The van der Waals surface area contributed by atoms with Crippen LogP contribution in [0.15, 0.2) is 0 Å². The third-order valence-electron chi connectivity index (χ3n) is 2.48. The van der Waals surface area contributed by atoms with Gasteiger partial charge in [0.25, 0.3) is 0 Å². The smallest absolute Gasteiger partial charge is 0.0888 e. The molecule has 54 valence electrons. The fraction of sp³-hybridized carbons (Fsp3) is 1.00. The quantitative estimate of drug-likeness (QED) is 0.339. The van der Waals surface area contributed by atoms with Crippen LogP contribution in [0.3, 0.4) is 0 Å². The fourth-order valence-electron chi connectivity index (χ4n) is 1.25. The van der Waals surface area contributed by atoms with E-state index in [2.05, 4.69) is 48.7 Å². The van der Waals surface area contributed by atoms with Gasteiger partial charge in [0.2, 0.25) is 0 Å². The molecule has 1 heterocycles. The fourth-order valence-corrected chi connectivity index (χ4v) is 2.23. The summed E-state index contributed by atoms with van der Waals surface area (Å²) in [6.45, 7) is 6.77. The number of hydrogen-bond donors (Lipinski definition) is 1. The molecule has 0 aromatic carbocycles. The molecule has 2 atom stereocenters. The maximum atomic E-state index is 3.51. The highest BCUT2D eigenvalue weighted by molar-refractivity contribution is 14.1. The summed E-state index contributed by atoms with van der Waals surface area (Å²) in [5.41, 5.74) is 0.433. The van der Waals surface area contributed by atoms with E-state index >= 15 is 0 Å².